The molecule has 2 aromatic heterocycles. The van der Waals surface area contributed by atoms with Gasteiger partial charge in [0.25, 0.3) is 5.91 Å². The topological polar surface area (TPSA) is 55.1 Å². The summed E-state index contributed by atoms with van der Waals surface area (Å²) in [7, 11) is 0. The largest absolute Gasteiger partial charge is 0.469 e. The molecule has 1 N–H and O–H groups in total. The molecule has 2 aromatic rings. The van der Waals surface area contributed by atoms with Gasteiger partial charge in [0.1, 0.15) is 16.2 Å². The van der Waals surface area contributed by atoms with Crippen LogP contribution in [0.1, 0.15) is 16.1 Å². The van der Waals surface area contributed by atoms with Gasteiger partial charge < -0.3 is 9.73 Å². The molecular weight excluding hydrogens is 272 g/mol. The molecule has 0 atom stereocenters. The number of nitrogens with zero attached hydrogens (tertiary/aromatic N) is 1. The van der Waals surface area contributed by atoms with E-state index in [0.29, 0.717) is 21.7 Å². The van der Waals surface area contributed by atoms with E-state index in [-0.39, 0.29) is 5.91 Å². The van der Waals surface area contributed by atoms with E-state index in [9.17, 15) is 4.79 Å². The molecule has 16 heavy (non-hydrogen) atoms. The van der Waals surface area contributed by atoms with Crippen LogP contribution in [0.4, 0.5) is 5.82 Å². The van der Waals surface area contributed by atoms with E-state index in [1.54, 1.807) is 31.2 Å². The summed E-state index contributed by atoms with van der Waals surface area (Å²) in [5.41, 5.74) is 0.516. The molecule has 0 bridgehead atoms. The summed E-state index contributed by atoms with van der Waals surface area (Å²) in [5, 5.41) is 2.69. The summed E-state index contributed by atoms with van der Waals surface area (Å²) in [6.07, 6.45) is 1.48. The molecule has 0 spiro atoms. The summed E-state index contributed by atoms with van der Waals surface area (Å²) in [6, 6.07) is 6.94. The third kappa shape index (κ3) is 2.30. The zero-order valence-electron chi connectivity index (χ0n) is 8.53. The maximum Gasteiger partial charge on any atom is 0.260 e. The van der Waals surface area contributed by atoms with Crippen molar-refractivity contribution < 1.29 is 9.21 Å². The number of carbonyl (C=O) groups is 1. The Bertz CT molecular complexity index is 522. The Morgan fingerprint density at radius 3 is 2.88 bits per heavy atom. The van der Waals surface area contributed by atoms with Crippen molar-refractivity contribution >= 4 is 27.7 Å². The molecule has 4 nitrogen and oxygen atoms in total. The lowest BCUT2D eigenvalue weighted by molar-refractivity contribution is 0.102. The highest BCUT2D eigenvalue weighted by Gasteiger charge is 2.11. The second kappa shape index (κ2) is 4.49. The number of amides is 1. The third-order valence-corrected chi connectivity index (χ3v) is 2.50. The molecule has 0 fully saturated rings. The van der Waals surface area contributed by atoms with Gasteiger partial charge in [-0.25, -0.2) is 4.98 Å². The van der Waals surface area contributed by atoms with Gasteiger partial charge in [0, 0.05) is 0 Å². The standard InChI is InChI=1S/C11H9BrN2O2/c1-7-8(5-6-16-7)11(15)14-10-4-2-3-9(12)13-10/h2-6H,1H3,(H,13,14,15). The molecule has 0 saturated heterocycles. The molecule has 0 aliphatic heterocycles. The first kappa shape index (κ1) is 10.9. The van der Waals surface area contributed by atoms with Crippen LogP contribution in [0.5, 0.6) is 0 Å². The van der Waals surface area contributed by atoms with E-state index < -0.39 is 0 Å². The predicted octanol–water partition coefficient (Wildman–Crippen LogP) is 3.00. The van der Waals surface area contributed by atoms with Gasteiger partial charge in [-0.3, -0.25) is 4.79 Å². The van der Waals surface area contributed by atoms with Crippen LogP contribution in [0, 0.1) is 6.92 Å². The van der Waals surface area contributed by atoms with Crippen LogP contribution in [0.2, 0.25) is 0 Å². The van der Waals surface area contributed by atoms with Gasteiger partial charge in [-0.2, -0.15) is 0 Å². The molecule has 0 unspecified atom stereocenters. The summed E-state index contributed by atoms with van der Waals surface area (Å²) in [4.78, 5) is 15.9. The quantitative estimate of drug-likeness (QED) is 0.861. The Morgan fingerprint density at radius 2 is 2.25 bits per heavy atom. The fourth-order valence-electron chi connectivity index (χ4n) is 1.28. The average molecular weight is 281 g/mol. The van der Waals surface area contributed by atoms with Crippen molar-refractivity contribution in [1.82, 2.24) is 4.98 Å². The molecule has 2 rings (SSSR count). The molecule has 0 radical (unpaired) electrons. The van der Waals surface area contributed by atoms with E-state index >= 15 is 0 Å². The van der Waals surface area contributed by atoms with Crippen molar-refractivity contribution in [2.24, 2.45) is 0 Å². The van der Waals surface area contributed by atoms with E-state index in [2.05, 4.69) is 26.2 Å². The van der Waals surface area contributed by atoms with Crippen LogP contribution in [0.3, 0.4) is 0 Å². The average Bonchev–Trinajstić information content (AvgIpc) is 2.64. The van der Waals surface area contributed by atoms with Crippen molar-refractivity contribution in [3.05, 3.63) is 46.5 Å². The van der Waals surface area contributed by atoms with Gasteiger partial charge >= 0.3 is 0 Å². The lowest BCUT2D eigenvalue weighted by Crippen LogP contribution is -2.13. The Hall–Kier alpha value is -1.62. The molecule has 5 heteroatoms. The fourth-order valence-corrected chi connectivity index (χ4v) is 1.63. The monoisotopic (exact) mass is 280 g/mol. The minimum Gasteiger partial charge on any atom is -0.469 e. The van der Waals surface area contributed by atoms with Crippen LogP contribution in [-0.2, 0) is 0 Å². The number of anilines is 1. The van der Waals surface area contributed by atoms with Gasteiger partial charge in [0.2, 0.25) is 0 Å². The third-order valence-electron chi connectivity index (χ3n) is 2.06. The van der Waals surface area contributed by atoms with Crippen LogP contribution in [0.25, 0.3) is 0 Å². The minimum atomic E-state index is -0.225. The molecular formula is C11H9BrN2O2. The molecule has 0 aliphatic carbocycles. The van der Waals surface area contributed by atoms with Crippen LogP contribution in [-0.4, -0.2) is 10.9 Å². The number of halogens is 1. The molecule has 1 amide bonds. The smallest absolute Gasteiger partial charge is 0.260 e. The lowest BCUT2D eigenvalue weighted by atomic mass is 10.2. The summed E-state index contributed by atoms with van der Waals surface area (Å²) < 4.78 is 5.73. The second-order valence-electron chi connectivity index (χ2n) is 3.19. The molecule has 0 aliphatic rings. The summed E-state index contributed by atoms with van der Waals surface area (Å²) in [6.45, 7) is 1.74. The Balaban J connectivity index is 2.17. The first-order chi connectivity index (χ1) is 7.66. The van der Waals surface area contributed by atoms with Crippen molar-refractivity contribution in [2.45, 2.75) is 6.92 Å². The van der Waals surface area contributed by atoms with Gasteiger partial charge in [0.05, 0.1) is 11.8 Å². The SMILES string of the molecule is Cc1occc1C(=O)Nc1cccc(Br)n1. The van der Waals surface area contributed by atoms with Crippen LogP contribution >= 0.6 is 15.9 Å². The Labute approximate surface area is 101 Å². The minimum absolute atomic E-state index is 0.225. The van der Waals surface area contributed by atoms with Crippen LogP contribution in [0.15, 0.2) is 39.5 Å². The Kier molecular flexibility index (Phi) is 3.05. The van der Waals surface area contributed by atoms with Crippen molar-refractivity contribution in [3.8, 4) is 0 Å². The zero-order valence-corrected chi connectivity index (χ0v) is 10.1. The highest BCUT2D eigenvalue weighted by molar-refractivity contribution is 9.10. The van der Waals surface area contributed by atoms with E-state index in [1.165, 1.54) is 6.26 Å². The summed E-state index contributed by atoms with van der Waals surface area (Å²) >= 11 is 3.23. The highest BCUT2D eigenvalue weighted by Crippen LogP contribution is 2.13. The van der Waals surface area contributed by atoms with Gasteiger partial charge in [-0.05, 0) is 41.1 Å². The van der Waals surface area contributed by atoms with Gasteiger partial charge in [0.15, 0.2) is 0 Å². The first-order valence-electron chi connectivity index (χ1n) is 4.65. The number of nitrogens with one attached hydrogen (secondary N) is 1. The van der Waals surface area contributed by atoms with Gasteiger partial charge in [-0.15, -0.1) is 0 Å². The van der Waals surface area contributed by atoms with Crippen molar-refractivity contribution in [1.29, 1.82) is 0 Å². The van der Waals surface area contributed by atoms with E-state index in [4.69, 9.17) is 4.42 Å². The number of aromatic nitrogens is 1. The zero-order chi connectivity index (χ0) is 11.5. The van der Waals surface area contributed by atoms with Crippen LogP contribution < -0.4 is 5.32 Å². The number of carbonyl (C=O) groups excluding carboxylic acids is 1. The number of hydrogen-bond donors (Lipinski definition) is 1. The number of hydrogen-bond acceptors (Lipinski definition) is 3. The number of aryl methyl sites for hydroxylation is 1. The number of furan rings is 1. The van der Waals surface area contributed by atoms with Gasteiger partial charge in [-0.1, -0.05) is 6.07 Å². The second-order valence-corrected chi connectivity index (χ2v) is 4.00. The van der Waals surface area contributed by atoms with Crippen molar-refractivity contribution in [3.63, 3.8) is 0 Å². The van der Waals surface area contributed by atoms with E-state index in [0.717, 1.165) is 0 Å². The summed E-state index contributed by atoms with van der Waals surface area (Å²) in [5.74, 6) is 0.865. The molecule has 2 heterocycles. The number of rotatable bonds is 2. The van der Waals surface area contributed by atoms with Crippen molar-refractivity contribution in [2.75, 3.05) is 5.32 Å². The fraction of sp³-hybridized carbons (Fsp3) is 0.0909. The first-order valence-corrected chi connectivity index (χ1v) is 5.44. The molecule has 0 saturated carbocycles. The maximum absolute atomic E-state index is 11.8. The lowest BCUT2D eigenvalue weighted by Gasteiger charge is -2.03. The maximum atomic E-state index is 11.8. The number of pyridine rings is 1. The Morgan fingerprint density at radius 1 is 1.44 bits per heavy atom. The highest BCUT2D eigenvalue weighted by atomic mass is 79.9. The predicted molar refractivity (Wildman–Crippen MR) is 63.3 cm³/mol. The van der Waals surface area contributed by atoms with E-state index in [1.807, 2.05) is 0 Å². The molecule has 0 aromatic carbocycles. The molecule has 82 valence electrons. The normalized spacial score (nSPS) is 10.1.